The minimum Gasteiger partial charge on any atom is -0.394 e. The normalized spacial score (nSPS) is 25.8. The van der Waals surface area contributed by atoms with Crippen LogP contribution in [0.25, 0.3) is 28.1 Å². The Morgan fingerprint density at radius 2 is 1.78 bits per heavy atom. The summed E-state index contributed by atoms with van der Waals surface area (Å²) in [7, 11) is -2.80. The Balaban J connectivity index is 1.38. The van der Waals surface area contributed by atoms with Crippen LogP contribution in [0.15, 0.2) is 53.4 Å². The SMILES string of the molecule is Cn1c(/C=C(\C#N)S(=O)(=O)NC2C(O)O[C@H](CO)[C@@H](O)[C@@H]2O)ccc1-c1ccc2cc(N3CCOCC3)ccc2c1. The van der Waals surface area contributed by atoms with Gasteiger partial charge >= 0.3 is 0 Å². The second-order valence-corrected chi connectivity index (χ2v) is 11.7. The first kappa shape index (κ1) is 29.2. The van der Waals surface area contributed by atoms with Crippen molar-refractivity contribution in [3.63, 3.8) is 0 Å². The molecule has 5 atom stereocenters. The number of aromatic nitrogens is 1. The highest BCUT2D eigenvalue weighted by Gasteiger charge is 2.45. The van der Waals surface area contributed by atoms with E-state index in [1.807, 2.05) is 29.0 Å². The fraction of sp³-hybridized carbons (Fsp3) is 0.393. The van der Waals surface area contributed by atoms with E-state index >= 15 is 0 Å². The molecule has 5 rings (SSSR count). The summed E-state index contributed by atoms with van der Waals surface area (Å²) in [4.78, 5) is 1.62. The van der Waals surface area contributed by atoms with Crippen LogP contribution in [-0.4, -0.2) is 97.0 Å². The highest BCUT2D eigenvalue weighted by Crippen LogP contribution is 2.30. The zero-order valence-electron chi connectivity index (χ0n) is 22.3. The van der Waals surface area contributed by atoms with Gasteiger partial charge in [-0.15, -0.1) is 0 Å². The molecule has 1 aromatic heterocycles. The molecule has 5 N–H and O–H groups in total. The number of sulfonamides is 1. The number of aliphatic hydroxyl groups excluding tert-OH is 4. The number of nitriles is 1. The summed E-state index contributed by atoms with van der Waals surface area (Å²) in [5, 5.41) is 51.5. The monoisotopic (exact) mass is 584 g/mol. The third-order valence-electron chi connectivity index (χ3n) is 7.53. The number of morpholine rings is 1. The lowest BCUT2D eigenvalue weighted by molar-refractivity contribution is -0.251. The third-order valence-corrected chi connectivity index (χ3v) is 8.90. The summed E-state index contributed by atoms with van der Waals surface area (Å²) in [6, 6.07) is 15.8. The molecule has 3 aromatic rings. The van der Waals surface area contributed by atoms with Crippen LogP contribution in [0.5, 0.6) is 0 Å². The molecule has 2 fully saturated rings. The lowest BCUT2D eigenvalue weighted by Crippen LogP contribution is -2.64. The Hall–Kier alpha value is -3.32. The van der Waals surface area contributed by atoms with Crippen molar-refractivity contribution in [1.29, 1.82) is 5.26 Å². The number of nitrogens with zero attached hydrogens (tertiary/aromatic N) is 3. The van der Waals surface area contributed by atoms with Crippen LogP contribution in [0.2, 0.25) is 0 Å². The topological polar surface area (TPSA) is 178 Å². The molecular formula is C28H32N4O8S. The number of hydrogen-bond donors (Lipinski definition) is 5. The molecule has 218 valence electrons. The molecule has 41 heavy (non-hydrogen) atoms. The van der Waals surface area contributed by atoms with Gasteiger partial charge in [0, 0.05) is 37.2 Å². The summed E-state index contributed by atoms with van der Waals surface area (Å²) < 4.78 is 40.3. The zero-order chi connectivity index (χ0) is 29.3. The molecule has 2 aliphatic rings. The lowest BCUT2D eigenvalue weighted by atomic mass is 9.98. The van der Waals surface area contributed by atoms with Crippen LogP contribution in [0, 0.1) is 11.3 Å². The van der Waals surface area contributed by atoms with Crippen LogP contribution in [0.1, 0.15) is 5.69 Å². The van der Waals surface area contributed by atoms with E-state index in [0.29, 0.717) is 18.9 Å². The van der Waals surface area contributed by atoms with Crippen LogP contribution in [0.3, 0.4) is 0 Å². The Morgan fingerprint density at radius 1 is 1.07 bits per heavy atom. The molecule has 0 saturated carbocycles. The molecule has 0 aliphatic carbocycles. The second kappa shape index (κ2) is 11.9. The van der Waals surface area contributed by atoms with E-state index < -0.39 is 52.2 Å². The quantitative estimate of drug-likeness (QED) is 0.242. The van der Waals surface area contributed by atoms with Crippen molar-refractivity contribution in [2.45, 2.75) is 30.6 Å². The molecule has 0 amide bonds. The van der Waals surface area contributed by atoms with E-state index in [0.717, 1.165) is 40.8 Å². The highest BCUT2D eigenvalue weighted by molar-refractivity contribution is 7.93. The van der Waals surface area contributed by atoms with Gasteiger partial charge in [0.15, 0.2) is 11.2 Å². The average molecular weight is 585 g/mol. The van der Waals surface area contributed by atoms with Gasteiger partial charge < -0.3 is 39.4 Å². The maximum absolute atomic E-state index is 13.0. The number of fused-ring (bicyclic) bond motifs is 1. The van der Waals surface area contributed by atoms with Crippen molar-refractivity contribution < 1.29 is 38.3 Å². The molecule has 13 heteroatoms. The van der Waals surface area contributed by atoms with Gasteiger partial charge in [-0.25, -0.2) is 8.42 Å². The summed E-state index contributed by atoms with van der Waals surface area (Å²) in [5.74, 6) is 0. The van der Waals surface area contributed by atoms with Gasteiger partial charge in [0.25, 0.3) is 10.0 Å². The number of anilines is 1. The van der Waals surface area contributed by atoms with E-state index in [4.69, 9.17) is 9.47 Å². The Labute approximate surface area is 237 Å². The van der Waals surface area contributed by atoms with Gasteiger partial charge in [-0.2, -0.15) is 9.98 Å². The predicted molar refractivity (Wildman–Crippen MR) is 151 cm³/mol. The zero-order valence-corrected chi connectivity index (χ0v) is 23.1. The number of ether oxygens (including phenoxy) is 2. The maximum atomic E-state index is 13.0. The van der Waals surface area contributed by atoms with Gasteiger partial charge in [-0.3, -0.25) is 0 Å². The van der Waals surface area contributed by atoms with Gasteiger partial charge in [-0.05, 0) is 52.7 Å². The van der Waals surface area contributed by atoms with E-state index in [1.54, 1.807) is 23.8 Å². The minimum atomic E-state index is -4.55. The fourth-order valence-corrected chi connectivity index (χ4v) is 6.28. The van der Waals surface area contributed by atoms with E-state index in [2.05, 4.69) is 23.1 Å². The third kappa shape index (κ3) is 5.87. The van der Waals surface area contributed by atoms with Crippen molar-refractivity contribution in [3.05, 3.63) is 59.1 Å². The average Bonchev–Trinajstić information content (AvgIpc) is 3.35. The standard InChI is InChI=1S/C28H32N4O8S/c1-31-20(14-22(15-29)41(37,38)30-25-27(35)26(34)24(16-33)40-28(25)36)6-7-23(31)19-3-2-18-13-21(5-4-17(18)12-19)32-8-10-39-11-9-32/h2-7,12-14,24-28,30,33-36H,8-11,16H2,1H3/b22-14+/t24-,25?,26-,27-,28?/m1/s1. The summed E-state index contributed by atoms with van der Waals surface area (Å²) in [5.41, 5.74) is 3.26. The second-order valence-electron chi connectivity index (χ2n) is 10.0. The van der Waals surface area contributed by atoms with Crippen molar-refractivity contribution >= 4 is 32.6 Å². The van der Waals surface area contributed by atoms with Crippen LogP contribution < -0.4 is 9.62 Å². The van der Waals surface area contributed by atoms with Gasteiger partial charge in [0.05, 0.1) is 19.8 Å². The number of rotatable bonds is 7. The van der Waals surface area contributed by atoms with E-state index in [-0.39, 0.29) is 0 Å². The maximum Gasteiger partial charge on any atom is 0.251 e. The number of nitrogens with one attached hydrogen (secondary N) is 1. The van der Waals surface area contributed by atoms with E-state index in [1.165, 1.54) is 6.08 Å². The molecule has 2 saturated heterocycles. The number of hydrogen-bond acceptors (Lipinski definition) is 10. The summed E-state index contributed by atoms with van der Waals surface area (Å²) >= 11 is 0. The van der Waals surface area contributed by atoms with Crippen molar-refractivity contribution in [1.82, 2.24) is 9.29 Å². The van der Waals surface area contributed by atoms with Crippen LogP contribution in [0.4, 0.5) is 5.69 Å². The Kier molecular flexibility index (Phi) is 8.46. The predicted octanol–water partition coefficient (Wildman–Crippen LogP) is 0.266. The molecule has 12 nitrogen and oxygen atoms in total. The smallest absolute Gasteiger partial charge is 0.251 e. The van der Waals surface area contributed by atoms with E-state index in [9.17, 15) is 34.1 Å². The molecule has 0 bridgehead atoms. The minimum absolute atomic E-state index is 0.422. The van der Waals surface area contributed by atoms with Crippen LogP contribution >= 0.6 is 0 Å². The van der Waals surface area contributed by atoms with Gasteiger partial charge in [-0.1, -0.05) is 18.2 Å². The number of allylic oxidation sites excluding steroid dienone is 1. The molecule has 0 spiro atoms. The summed E-state index contributed by atoms with van der Waals surface area (Å²) in [6.07, 6.45) is -5.43. The van der Waals surface area contributed by atoms with Crippen molar-refractivity contribution in [3.8, 4) is 17.3 Å². The molecule has 2 aliphatic heterocycles. The van der Waals surface area contributed by atoms with Crippen molar-refractivity contribution in [2.75, 3.05) is 37.8 Å². The molecule has 3 heterocycles. The van der Waals surface area contributed by atoms with Crippen LogP contribution in [-0.2, 0) is 26.5 Å². The Bertz CT molecular complexity index is 1590. The molecule has 0 radical (unpaired) electrons. The first-order chi connectivity index (χ1) is 19.6. The first-order valence-electron chi connectivity index (χ1n) is 13.1. The first-order valence-corrected chi connectivity index (χ1v) is 14.6. The van der Waals surface area contributed by atoms with Gasteiger partial charge in [0.1, 0.15) is 30.4 Å². The lowest BCUT2D eigenvalue weighted by Gasteiger charge is -2.40. The summed E-state index contributed by atoms with van der Waals surface area (Å²) in [6.45, 7) is 2.42. The number of aliphatic hydroxyl groups is 4. The molecular weight excluding hydrogens is 552 g/mol. The largest absolute Gasteiger partial charge is 0.394 e. The van der Waals surface area contributed by atoms with Gasteiger partial charge in [0.2, 0.25) is 0 Å². The number of benzene rings is 2. The fourth-order valence-electron chi connectivity index (χ4n) is 5.14. The van der Waals surface area contributed by atoms with Crippen molar-refractivity contribution in [2.24, 2.45) is 7.05 Å². The molecule has 2 aromatic carbocycles. The molecule has 2 unspecified atom stereocenters. The Morgan fingerprint density at radius 3 is 2.49 bits per heavy atom. The highest BCUT2D eigenvalue weighted by atomic mass is 32.2.